The number of amides is 2. The van der Waals surface area contributed by atoms with Crippen molar-refractivity contribution in [2.75, 3.05) is 24.5 Å². The van der Waals surface area contributed by atoms with Gasteiger partial charge >= 0.3 is 0 Å². The molecule has 2 saturated heterocycles. The van der Waals surface area contributed by atoms with Crippen LogP contribution >= 0.6 is 0 Å². The molecule has 4 rings (SSSR count). The van der Waals surface area contributed by atoms with Gasteiger partial charge in [-0.2, -0.15) is 0 Å². The first-order valence-corrected chi connectivity index (χ1v) is 8.92. The zero-order valence-corrected chi connectivity index (χ0v) is 14.5. The minimum absolute atomic E-state index is 0.0408. The summed E-state index contributed by atoms with van der Waals surface area (Å²) in [7, 11) is 0. The average Bonchev–Trinajstić information content (AvgIpc) is 3.21. The number of anilines is 1. The molecular weight excluding hydrogens is 331 g/mol. The standard InChI is InChI=1S/C21H21FN2O2/c22-17-8-6-16(7-9-17)12-19(25)23-11-10-21(14-23)13-20(26)24(15-21)18-4-2-1-3-5-18/h1-9H,10-15H2/t21-/m0/s1. The third-order valence-corrected chi connectivity index (χ3v) is 5.45. The predicted molar refractivity (Wildman–Crippen MR) is 97.1 cm³/mol. The summed E-state index contributed by atoms with van der Waals surface area (Å²) in [5.74, 6) is -0.130. The fourth-order valence-electron chi connectivity index (χ4n) is 4.05. The Morgan fingerprint density at radius 1 is 1.04 bits per heavy atom. The van der Waals surface area contributed by atoms with Crippen LogP contribution in [-0.4, -0.2) is 36.3 Å². The van der Waals surface area contributed by atoms with E-state index in [0.29, 0.717) is 26.1 Å². The Bertz CT molecular complexity index is 822. The van der Waals surface area contributed by atoms with Crippen LogP contribution in [0.2, 0.25) is 0 Å². The molecule has 4 nitrogen and oxygen atoms in total. The molecule has 2 aliphatic rings. The van der Waals surface area contributed by atoms with E-state index in [0.717, 1.165) is 17.7 Å². The van der Waals surface area contributed by atoms with E-state index in [2.05, 4.69) is 0 Å². The number of halogens is 1. The number of benzene rings is 2. The van der Waals surface area contributed by atoms with Crippen molar-refractivity contribution < 1.29 is 14.0 Å². The van der Waals surface area contributed by atoms with Crippen molar-refractivity contribution in [3.05, 3.63) is 66.0 Å². The Labute approximate surface area is 152 Å². The molecule has 1 spiro atoms. The van der Waals surface area contributed by atoms with Crippen molar-refractivity contribution in [1.82, 2.24) is 4.90 Å². The van der Waals surface area contributed by atoms with E-state index >= 15 is 0 Å². The van der Waals surface area contributed by atoms with E-state index in [9.17, 15) is 14.0 Å². The van der Waals surface area contributed by atoms with Crippen molar-refractivity contribution in [3.63, 3.8) is 0 Å². The fraction of sp³-hybridized carbons (Fsp3) is 0.333. The first kappa shape index (κ1) is 16.8. The van der Waals surface area contributed by atoms with E-state index in [1.165, 1.54) is 12.1 Å². The maximum atomic E-state index is 13.0. The Morgan fingerprint density at radius 3 is 2.50 bits per heavy atom. The molecule has 134 valence electrons. The molecule has 5 heteroatoms. The van der Waals surface area contributed by atoms with E-state index in [-0.39, 0.29) is 29.5 Å². The van der Waals surface area contributed by atoms with E-state index in [4.69, 9.17) is 0 Å². The quantitative estimate of drug-likeness (QED) is 0.852. The van der Waals surface area contributed by atoms with Crippen molar-refractivity contribution >= 4 is 17.5 Å². The molecule has 2 heterocycles. The van der Waals surface area contributed by atoms with Gasteiger partial charge in [-0.3, -0.25) is 9.59 Å². The number of carbonyl (C=O) groups excluding carboxylic acids is 2. The van der Waals surface area contributed by atoms with Gasteiger partial charge in [-0.05, 0) is 36.2 Å². The van der Waals surface area contributed by atoms with Gasteiger partial charge in [0.05, 0.1) is 6.42 Å². The molecule has 0 radical (unpaired) electrons. The number of likely N-dealkylation sites (tertiary alicyclic amines) is 1. The summed E-state index contributed by atoms with van der Waals surface area (Å²) in [5.41, 5.74) is 1.59. The highest BCUT2D eigenvalue weighted by Gasteiger charge is 2.48. The van der Waals surface area contributed by atoms with Crippen molar-refractivity contribution in [2.45, 2.75) is 19.3 Å². The first-order chi connectivity index (χ1) is 12.5. The molecule has 2 fully saturated rings. The average molecular weight is 352 g/mol. The van der Waals surface area contributed by atoms with Gasteiger partial charge in [0.25, 0.3) is 0 Å². The molecule has 0 aliphatic carbocycles. The van der Waals surface area contributed by atoms with Gasteiger partial charge in [0.15, 0.2) is 0 Å². The van der Waals surface area contributed by atoms with Gasteiger partial charge in [0, 0.05) is 37.2 Å². The fourth-order valence-corrected chi connectivity index (χ4v) is 4.05. The maximum Gasteiger partial charge on any atom is 0.227 e. The number of nitrogens with zero attached hydrogens (tertiary/aromatic N) is 2. The Kier molecular flexibility index (Phi) is 4.23. The number of hydrogen-bond donors (Lipinski definition) is 0. The van der Waals surface area contributed by atoms with Gasteiger partial charge in [-0.25, -0.2) is 4.39 Å². The van der Waals surface area contributed by atoms with Crippen molar-refractivity contribution in [2.24, 2.45) is 5.41 Å². The molecule has 2 aromatic carbocycles. The number of para-hydroxylation sites is 1. The van der Waals surface area contributed by atoms with Crippen LogP contribution in [0.25, 0.3) is 0 Å². The van der Waals surface area contributed by atoms with Crippen LogP contribution < -0.4 is 4.90 Å². The summed E-state index contributed by atoms with van der Waals surface area (Å²) in [6.45, 7) is 1.95. The van der Waals surface area contributed by atoms with Gasteiger partial charge in [-0.1, -0.05) is 30.3 Å². The highest BCUT2D eigenvalue weighted by Crippen LogP contribution is 2.41. The van der Waals surface area contributed by atoms with Gasteiger partial charge in [0.2, 0.25) is 11.8 Å². The van der Waals surface area contributed by atoms with Crippen LogP contribution in [0.5, 0.6) is 0 Å². The van der Waals surface area contributed by atoms with Gasteiger partial charge < -0.3 is 9.80 Å². The lowest BCUT2D eigenvalue weighted by Gasteiger charge is -2.24. The highest BCUT2D eigenvalue weighted by atomic mass is 19.1. The largest absolute Gasteiger partial charge is 0.342 e. The van der Waals surface area contributed by atoms with Crippen LogP contribution in [0.3, 0.4) is 0 Å². The molecule has 2 aromatic rings. The zero-order chi connectivity index (χ0) is 18.1. The molecule has 0 aromatic heterocycles. The second-order valence-electron chi connectivity index (χ2n) is 7.36. The SMILES string of the molecule is O=C(Cc1ccc(F)cc1)N1CC[C@]2(CC(=O)N(c3ccccc3)C2)C1. The third kappa shape index (κ3) is 3.21. The molecule has 0 N–H and O–H groups in total. The lowest BCUT2D eigenvalue weighted by molar-refractivity contribution is -0.130. The topological polar surface area (TPSA) is 40.6 Å². The number of hydrogen-bond acceptors (Lipinski definition) is 2. The lowest BCUT2D eigenvalue weighted by Crippen LogP contribution is -2.34. The molecule has 2 aliphatic heterocycles. The third-order valence-electron chi connectivity index (χ3n) is 5.45. The van der Waals surface area contributed by atoms with Gasteiger partial charge in [-0.15, -0.1) is 0 Å². The van der Waals surface area contributed by atoms with Gasteiger partial charge in [0.1, 0.15) is 5.82 Å². The number of carbonyl (C=O) groups is 2. The van der Waals surface area contributed by atoms with E-state index in [1.54, 1.807) is 12.1 Å². The summed E-state index contributed by atoms with van der Waals surface area (Å²) in [4.78, 5) is 28.8. The summed E-state index contributed by atoms with van der Waals surface area (Å²) < 4.78 is 13.0. The summed E-state index contributed by atoms with van der Waals surface area (Å²) in [5, 5.41) is 0. The van der Waals surface area contributed by atoms with Crippen LogP contribution in [-0.2, 0) is 16.0 Å². The maximum absolute atomic E-state index is 13.0. The highest BCUT2D eigenvalue weighted by molar-refractivity contribution is 5.96. The Morgan fingerprint density at radius 2 is 1.77 bits per heavy atom. The van der Waals surface area contributed by atoms with Crippen LogP contribution in [0.1, 0.15) is 18.4 Å². The summed E-state index contributed by atoms with van der Waals surface area (Å²) >= 11 is 0. The second kappa shape index (κ2) is 6.56. The summed E-state index contributed by atoms with van der Waals surface area (Å²) in [6, 6.07) is 15.7. The van der Waals surface area contributed by atoms with Crippen LogP contribution in [0, 0.1) is 11.2 Å². The molecular formula is C21H21FN2O2. The minimum Gasteiger partial charge on any atom is -0.342 e. The van der Waals surface area contributed by atoms with Crippen molar-refractivity contribution in [3.8, 4) is 0 Å². The van der Waals surface area contributed by atoms with Crippen LogP contribution in [0.4, 0.5) is 10.1 Å². The Balaban J connectivity index is 1.42. The number of rotatable bonds is 3. The molecule has 0 saturated carbocycles. The first-order valence-electron chi connectivity index (χ1n) is 8.92. The normalized spacial score (nSPS) is 22.4. The van der Waals surface area contributed by atoms with E-state index in [1.807, 2.05) is 40.1 Å². The smallest absolute Gasteiger partial charge is 0.227 e. The molecule has 0 bridgehead atoms. The molecule has 0 unspecified atom stereocenters. The van der Waals surface area contributed by atoms with Crippen LogP contribution in [0.15, 0.2) is 54.6 Å². The van der Waals surface area contributed by atoms with E-state index < -0.39 is 0 Å². The lowest BCUT2D eigenvalue weighted by atomic mass is 9.86. The monoisotopic (exact) mass is 352 g/mol. The van der Waals surface area contributed by atoms with Crippen molar-refractivity contribution in [1.29, 1.82) is 0 Å². The molecule has 1 atom stereocenters. The predicted octanol–water partition coefficient (Wildman–Crippen LogP) is 3.02. The summed E-state index contributed by atoms with van der Waals surface area (Å²) in [6.07, 6.45) is 1.60. The zero-order valence-electron chi connectivity index (χ0n) is 14.5. The minimum atomic E-state index is -0.299. The second-order valence-corrected chi connectivity index (χ2v) is 7.36. The Hall–Kier alpha value is -2.69. The molecule has 26 heavy (non-hydrogen) atoms. The molecule has 2 amide bonds.